The Hall–Kier alpha value is -2.98. The molecule has 2 aromatic heterocycles. The van der Waals surface area contributed by atoms with Crippen LogP contribution in [-0.2, 0) is 27.2 Å². The van der Waals surface area contributed by atoms with Crippen molar-refractivity contribution in [3.05, 3.63) is 52.8 Å². The minimum Gasteiger partial charge on any atom is -0.444 e. The molecule has 1 N–H and O–H groups in total. The Bertz CT molecular complexity index is 1500. The SMILES string of the molecule is Cc1c[nH]c2ncc(-c3cc4c(c([C@@H]5COCCN5C(=O)OC(C)(C)C)c3)CN(N3CCC5(CCOCC5)C3)CC4)cc12. The van der Waals surface area contributed by atoms with Crippen LogP contribution in [-0.4, -0.2) is 89.2 Å². The number of carbonyl (C=O) groups excluding carboxylic acids is 1. The molecule has 4 aliphatic heterocycles. The number of amides is 1. The van der Waals surface area contributed by atoms with Crippen molar-refractivity contribution in [2.24, 2.45) is 5.41 Å². The zero-order chi connectivity index (χ0) is 29.8. The van der Waals surface area contributed by atoms with Crippen molar-refractivity contribution in [3.8, 4) is 11.1 Å². The lowest BCUT2D eigenvalue weighted by atomic mass is 9.80. The predicted molar refractivity (Wildman–Crippen MR) is 166 cm³/mol. The van der Waals surface area contributed by atoms with Crippen LogP contribution in [0.2, 0.25) is 0 Å². The number of carbonyl (C=O) groups is 1. The molecule has 1 spiro atoms. The van der Waals surface area contributed by atoms with Crippen LogP contribution in [0.25, 0.3) is 22.2 Å². The van der Waals surface area contributed by atoms with E-state index in [0.29, 0.717) is 25.2 Å². The third-order valence-corrected chi connectivity index (χ3v) is 9.92. The van der Waals surface area contributed by atoms with E-state index in [1.807, 2.05) is 38.1 Å². The van der Waals surface area contributed by atoms with E-state index in [2.05, 4.69) is 40.1 Å². The molecule has 3 saturated heterocycles. The van der Waals surface area contributed by atoms with Crippen LogP contribution in [0.15, 0.2) is 30.6 Å². The van der Waals surface area contributed by atoms with Gasteiger partial charge in [0.05, 0.1) is 19.3 Å². The number of nitrogens with one attached hydrogen (secondary N) is 1. The fourth-order valence-corrected chi connectivity index (χ4v) is 7.45. The van der Waals surface area contributed by atoms with Crippen molar-refractivity contribution >= 4 is 17.1 Å². The monoisotopic (exact) mass is 587 g/mol. The lowest BCUT2D eigenvalue weighted by molar-refractivity contribution is -0.0449. The topological polar surface area (TPSA) is 83.2 Å². The molecule has 0 radical (unpaired) electrons. The quantitative estimate of drug-likeness (QED) is 0.426. The van der Waals surface area contributed by atoms with Crippen molar-refractivity contribution in [3.63, 3.8) is 0 Å². The largest absolute Gasteiger partial charge is 0.444 e. The smallest absolute Gasteiger partial charge is 0.410 e. The summed E-state index contributed by atoms with van der Waals surface area (Å²) in [5.41, 5.74) is 7.96. The lowest BCUT2D eigenvalue weighted by Crippen LogP contribution is -2.48. The predicted octanol–water partition coefficient (Wildman–Crippen LogP) is 5.62. The fraction of sp³-hybridized carbons (Fsp3) is 0.588. The van der Waals surface area contributed by atoms with Gasteiger partial charge in [-0.25, -0.2) is 19.8 Å². The number of ether oxygens (including phenoxy) is 3. The van der Waals surface area contributed by atoms with Gasteiger partial charge in [0.2, 0.25) is 0 Å². The summed E-state index contributed by atoms with van der Waals surface area (Å²) in [5.74, 6) is 0. The third-order valence-electron chi connectivity index (χ3n) is 9.92. The first-order chi connectivity index (χ1) is 20.7. The molecule has 0 unspecified atom stereocenters. The minimum absolute atomic E-state index is 0.219. The number of pyridine rings is 1. The van der Waals surface area contributed by atoms with E-state index in [-0.39, 0.29) is 12.1 Å². The standard InChI is InChI=1S/C34H45N5O4/c1-23-18-35-31-27(23)17-26(19-36-31)25-15-24-5-9-37(38-10-6-34(22-38)7-12-41-13-8-34)20-29(24)28(16-25)30-21-42-14-11-39(30)32(40)43-33(2,3)4/h15-19,30H,5-14,20-22H2,1-4H3,(H,35,36)/t30-/m0/s1. The van der Waals surface area contributed by atoms with Crippen molar-refractivity contribution < 1.29 is 19.0 Å². The summed E-state index contributed by atoms with van der Waals surface area (Å²) < 4.78 is 17.6. The van der Waals surface area contributed by atoms with E-state index in [1.165, 1.54) is 23.1 Å². The molecule has 9 nitrogen and oxygen atoms in total. The Morgan fingerprint density at radius 1 is 1.02 bits per heavy atom. The molecule has 3 aromatic rings. The second-order valence-corrected chi connectivity index (χ2v) is 13.9. The summed E-state index contributed by atoms with van der Waals surface area (Å²) in [4.78, 5) is 23.4. The van der Waals surface area contributed by atoms with Gasteiger partial charge in [0.15, 0.2) is 0 Å². The average Bonchev–Trinajstić information content (AvgIpc) is 3.58. The van der Waals surface area contributed by atoms with Crippen molar-refractivity contribution in [1.29, 1.82) is 0 Å². The molecule has 6 heterocycles. The zero-order valence-electron chi connectivity index (χ0n) is 26.1. The average molecular weight is 588 g/mol. The van der Waals surface area contributed by atoms with E-state index in [0.717, 1.165) is 86.4 Å². The van der Waals surface area contributed by atoms with Gasteiger partial charge in [-0.15, -0.1) is 0 Å². The van der Waals surface area contributed by atoms with Gasteiger partial charge in [-0.1, -0.05) is 6.07 Å². The first kappa shape index (κ1) is 28.8. The number of nitrogens with zero attached hydrogens (tertiary/aromatic N) is 4. The maximum atomic E-state index is 13.5. The van der Waals surface area contributed by atoms with Crippen molar-refractivity contribution in [2.45, 2.75) is 71.6 Å². The van der Waals surface area contributed by atoms with Crippen LogP contribution in [0.1, 0.15) is 68.3 Å². The van der Waals surface area contributed by atoms with Gasteiger partial charge in [0, 0.05) is 69.3 Å². The fourth-order valence-electron chi connectivity index (χ4n) is 7.45. The van der Waals surface area contributed by atoms with Gasteiger partial charge in [0.25, 0.3) is 0 Å². The van der Waals surface area contributed by atoms with E-state index in [1.54, 1.807) is 0 Å². The number of fused-ring (bicyclic) bond motifs is 2. The maximum absolute atomic E-state index is 13.5. The van der Waals surface area contributed by atoms with Gasteiger partial charge >= 0.3 is 6.09 Å². The molecule has 0 bridgehead atoms. The van der Waals surface area contributed by atoms with Crippen LogP contribution < -0.4 is 0 Å². The Kier molecular flexibility index (Phi) is 7.48. The summed E-state index contributed by atoms with van der Waals surface area (Å²) in [5, 5.41) is 6.30. The van der Waals surface area contributed by atoms with Crippen LogP contribution in [0.4, 0.5) is 4.79 Å². The first-order valence-corrected chi connectivity index (χ1v) is 15.9. The number of aromatic amines is 1. The van der Waals surface area contributed by atoms with Gasteiger partial charge < -0.3 is 19.2 Å². The number of aryl methyl sites for hydroxylation is 1. The zero-order valence-corrected chi connectivity index (χ0v) is 26.1. The molecule has 0 aliphatic carbocycles. The minimum atomic E-state index is -0.566. The van der Waals surface area contributed by atoms with Crippen LogP contribution in [0.3, 0.4) is 0 Å². The molecule has 43 heavy (non-hydrogen) atoms. The van der Waals surface area contributed by atoms with Crippen LogP contribution >= 0.6 is 0 Å². The summed E-state index contributed by atoms with van der Waals surface area (Å²) in [7, 11) is 0. The molecule has 7 rings (SSSR count). The molecule has 4 aliphatic rings. The van der Waals surface area contributed by atoms with Gasteiger partial charge in [0.1, 0.15) is 11.2 Å². The normalized spacial score (nSPS) is 23.2. The highest BCUT2D eigenvalue weighted by Crippen LogP contribution is 2.42. The highest BCUT2D eigenvalue weighted by molar-refractivity contribution is 5.84. The summed E-state index contributed by atoms with van der Waals surface area (Å²) >= 11 is 0. The second kappa shape index (κ2) is 11.2. The second-order valence-electron chi connectivity index (χ2n) is 13.9. The number of hydrazine groups is 1. The number of morpholine rings is 1. The van der Waals surface area contributed by atoms with Gasteiger partial charge in [-0.2, -0.15) is 0 Å². The van der Waals surface area contributed by atoms with Crippen LogP contribution in [0, 0.1) is 12.3 Å². The number of hydrogen-bond donors (Lipinski definition) is 1. The van der Waals surface area contributed by atoms with Gasteiger partial charge in [-0.05, 0) is 98.7 Å². The number of hydrogen-bond acceptors (Lipinski definition) is 7. The van der Waals surface area contributed by atoms with Gasteiger partial charge in [-0.3, -0.25) is 4.90 Å². The van der Waals surface area contributed by atoms with Crippen LogP contribution in [0.5, 0.6) is 0 Å². The molecule has 3 fully saturated rings. The number of H-pyrrole nitrogens is 1. The van der Waals surface area contributed by atoms with E-state index >= 15 is 0 Å². The Morgan fingerprint density at radius 2 is 1.86 bits per heavy atom. The van der Waals surface area contributed by atoms with Crippen molar-refractivity contribution in [2.75, 3.05) is 52.6 Å². The molecule has 1 atom stereocenters. The molecule has 0 saturated carbocycles. The Labute approximate surface area is 254 Å². The highest BCUT2D eigenvalue weighted by atomic mass is 16.6. The number of rotatable bonds is 3. The molecular weight excluding hydrogens is 542 g/mol. The van der Waals surface area contributed by atoms with E-state index in [4.69, 9.17) is 19.2 Å². The highest BCUT2D eigenvalue weighted by Gasteiger charge is 2.42. The Morgan fingerprint density at radius 3 is 2.67 bits per heavy atom. The molecule has 230 valence electrons. The molecular formula is C34H45N5O4. The third kappa shape index (κ3) is 5.68. The number of aromatic nitrogens is 2. The summed E-state index contributed by atoms with van der Waals surface area (Å²) in [6.07, 6.45) is 8.20. The van der Waals surface area contributed by atoms with Crippen molar-refractivity contribution in [1.82, 2.24) is 24.9 Å². The van der Waals surface area contributed by atoms with E-state index in [9.17, 15) is 4.79 Å². The summed E-state index contributed by atoms with van der Waals surface area (Å²) in [6, 6.07) is 6.65. The Balaban J connectivity index is 1.26. The summed E-state index contributed by atoms with van der Waals surface area (Å²) in [6.45, 7) is 15.2. The number of benzene rings is 1. The molecule has 9 heteroatoms. The maximum Gasteiger partial charge on any atom is 0.410 e. The first-order valence-electron chi connectivity index (χ1n) is 15.9. The molecule has 1 aromatic carbocycles. The molecule has 1 amide bonds. The van der Waals surface area contributed by atoms with E-state index < -0.39 is 5.60 Å². The lowest BCUT2D eigenvalue weighted by Gasteiger charge is -2.42.